The number of hydrogen-bond acceptors (Lipinski definition) is 4. The number of para-hydroxylation sites is 2. The van der Waals surface area contributed by atoms with Gasteiger partial charge in [0.2, 0.25) is 5.91 Å². The number of fused-ring (bicyclic) bond motifs is 1. The standard InChI is InChI=1S/C24H25F3N4O4/c25-24(26,27)22(33)28-19(15-35-14-16-6-2-1-3-7-16)21(32)30-12-10-17(11-13-30)31-20-9-5-4-8-18(20)29-23(31)34/h1-9,17,19H,10-15H2,(H,28,33)(H,29,34)/t19-/m1/s1. The zero-order valence-corrected chi connectivity index (χ0v) is 18.8. The van der Waals surface area contributed by atoms with E-state index in [4.69, 9.17) is 4.74 Å². The quantitative estimate of drug-likeness (QED) is 0.533. The number of nitrogens with zero attached hydrogens (tertiary/aromatic N) is 2. The van der Waals surface area contributed by atoms with E-state index in [9.17, 15) is 27.6 Å². The maximum absolute atomic E-state index is 13.1. The van der Waals surface area contributed by atoms with Crippen LogP contribution >= 0.6 is 0 Å². The van der Waals surface area contributed by atoms with Crippen molar-refractivity contribution >= 4 is 22.8 Å². The largest absolute Gasteiger partial charge is 0.471 e. The van der Waals surface area contributed by atoms with Gasteiger partial charge in [-0.25, -0.2) is 4.79 Å². The molecule has 1 atom stereocenters. The number of nitrogens with one attached hydrogen (secondary N) is 2. The Morgan fingerprint density at radius 3 is 2.40 bits per heavy atom. The van der Waals surface area contributed by atoms with Crippen LogP contribution in [0.3, 0.4) is 0 Å². The summed E-state index contributed by atoms with van der Waals surface area (Å²) in [5.74, 6) is -2.85. The number of aromatic nitrogens is 2. The zero-order valence-electron chi connectivity index (χ0n) is 18.8. The maximum Gasteiger partial charge on any atom is 0.471 e. The van der Waals surface area contributed by atoms with Gasteiger partial charge in [-0.3, -0.25) is 14.2 Å². The summed E-state index contributed by atoms with van der Waals surface area (Å²) >= 11 is 0. The number of alkyl halides is 3. The van der Waals surface area contributed by atoms with Gasteiger partial charge in [0.15, 0.2) is 0 Å². The number of H-pyrrole nitrogens is 1. The number of rotatable bonds is 7. The summed E-state index contributed by atoms with van der Waals surface area (Å²) in [4.78, 5) is 41.3. The van der Waals surface area contributed by atoms with Crippen LogP contribution in [-0.2, 0) is 20.9 Å². The SMILES string of the molecule is O=C([C@@H](COCc1ccccc1)NC(=O)C(F)(F)F)N1CCC(n2c(=O)[nH]c3ccccc32)CC1. The summed E-state index contributed by atoms with van der Waals surface area (Å²) in [6, 6.07) is 14.6. The van der Waals surface area contributed by atoms with Gasteiger partial charge in [0.05, 0.1) is 24.2 Å². The lowest BCUT2D eigenvalue weighted by Gasteiger charge is -2.34. The topological polar surface area (TPSA) is 96.4 Å². The van der Waals surface area contributed by atoms with Crippen molar-refractivity contribution in [3.63, 3.8) is 0 Å². The molecule has 0 radical (unpaired) electrons. The molecule has 4 rings (SSSR count). The van der Waals surface area contributed by atoms with Crippen molar-refractivity contribution in [2.45, 2.75) is 37.7 Å². The fourth-order valence-electron chi connectivity index (χ4n) is 4.29. The fourth-order valence-corrected chi connectivity index (χ4v) is 4.29. The number of carbonyl (C=O) groups is 2. The predicted octanol–water partition coefficient (Wildman–Crippen LogP) is 2.76. The number of hydrogen-bond donors (Lipinski definition) is 2. The highest BCUT2D eigenvalue weighted by Crippen LogP contribution is 2.25. The number of benzene rings is 2. The van der Waals surface area contributed by atoms with E-state index in [1.165, 1.54) is 4.90 Å². The van der Waals surface area contributed by atoms with Gasteiger partial charge in [0.1, 0.15) is 6.04 Å². The molecule has 2 heterocycles. The lowest BCUT2D eigenvalue weighted by Crippen LogP contribution is -2.55. The highest BCUT2D eigenvalue weighted by Gasteiger charge is 2.42. The normalized spacial score (nSPS) is 15.8. The average Bonchev–Trinajstić information content (AvgIpc) is 3.18. The van der Waals surface area contributed by atoms with Gasteiger partial charge < -0.3 is 19.9 Å². The molecule has 1 aliphatic heterocycles. The second-order valence-electron chi connectivity index (χ2n) is 8.40. The minimum absolute atomic E-state index is 0.0814. The molecule has 1 aromatic heterocycles. The Morgan fingerprint density at radius 1 is 1.06 bits per heavy atom. The monoisotopic (exact) mass is 490 g/mol. The van der Waals surface area contributed by atoms with E-state index in [1.807, 2.05) is 24.3 Å². The van der Waals surface area contributed by atoms with Crippen LogP contribution in [0.4, 0.5) is 13.2 Å². The minimum Gasteiger partial charge on any atom is -0.374 e. The number of imidazole rings is 1. The highest BCUT2D eigenvalue weighted by molar-refractivity contribution is 5.90. The number of carbonyl (C=O) groups excluding carboxylic acids is 2. The number of ether oxygens (including phenoxy) is 1. The molecule has 0 unspecified atom stereocenters. The van der Waals surface area contributed by atoms with Gasteiger partial charge in [-0.2, -0.15) is 13.2 Å². The third kappa shape index (κ3) is 5.73. The molecular formula is C24H25F3N4O4. The van der Waals surface area contributed by atoms with Crippen LogP contribution < -0.4 is 11.0 Å². The van der Waals surface area contributed by atoms with E-state index in [0.29, 0.717) is 18.4 Å². The smallest absolute Gasteiger partial charge is 0.374 e. The van der Waals surface area contributed by atoms with Gasteiger partial charge in [-0.15, -0.1) is 0 Å². The molecule has 8 nitrogen and oxygen atoms in total. The third-order valence-electron chi connectivity index (χ3n) is 6.02. The first-order valence-corrected chi connectivity index (χ1v) is 11.2. The molecule has 1 fully saturated rings. The molecule has 2 aromatic carbocycles. The number of amides is 2. The van der Waals surface area contributed by atoms with Gasteiger partial charge in [0, 0.05) is 19.1 Å². The van der Waals surface area contributed by atoms with Crippen LogP contribution in [0, 0.1) is 0 Å². The number of aromatic amines is 1. The maximum atomic E-state index is 13.1. The summed E-state index contributed by atoms with van der Waals surface area (Å²) < 4.78 is 45.7. The molecule has 2 N–H and O–H groups in total. The Labute approximate surface area is 198 Å². The van der Waals surface area contributed by atoms with Crippen molar-refractivity contribution in [3.05, 3.63) is 70.6 Å². The first-order chi connectivity index (χ1) is 16.7. The summed E-state index contributed by atoms with van der Waals surface area (Å²) in [5, 5.41) is 1.77. The predicted molar refractivity (Wildman–Crippen MR) is 121 cm³/mol. The Morgan fingerprint density at radius 2 is 1.71 bits per heavy atom. The van der Waals surface area contributed by atoms with Crippen molar-refractivity contribution < 1.29 is 27.5 Å². The molecule has 186 valence electrons. The van der Waals surface area contributed by atoms with Crippen molar-refractivity contribution in [2.75, 3.05) is 19.7 Å². The lowest BCUT2D eigenvalue weighted by atomic mass is 10.0. The lowest BCUT2D eigenvalue weighted by molar-refractivity contribution is -0.175. The molecule has 1 aliphatic rings. The minimum atomic E-state index is -5.12. The Bertz CT molecular complexity index is 1230. The summed E-state index contributed by atoms with van der Waals surface area (Å²) in [6.45, 7) is 0.133. The van der Waals surface area contributed by atoms with Gasteiger partial charge >= 0.3 is 17.8 Å². The molecule has 0 saturated carbocycles. The summed E-state index contributed by atoms with van der Waals surface area (Å²) in [6.07, 6.45) is -4.24. The first-order valence-electron chi connectivity index (χ1n) is 11.2. The average molecular weight is 490 g/mol. The van der Waals surface area contributed by atoms with E-state index >= 15 is 0 Å². The summed E-state index contributed by atoms with van der Waals surface area (Å²) in [5.41, 5.74) is 2.00. The molecule has 35 heavy (non-hydrogen) atoms. The van der Waals surface area contributed by atoms with Crippen molar-refractivity contribution in [1.82, 2.24) is 19.8 Å². The van der Waals surface area contributed by atoms with E-state index in [1.54, 1.807) is 40.2 Å². The summed E-state index contributed by atoms with van der Waals surface area (Å²) in [7, 11) is 0. The van der Waals surface area contributed by atoms with Crippen LogP contribution in [0.25, 0.3) is 11.0 Å². The van der Waals surface area contributed by atoms with Crippen LogP contribution in [0.15, 0.2) is 59.4 Å². The molecular weight excluding hydrogens is 465 g/mol. The van der Waals surface area contributed by atoms with E-state index < -0.39 is 30.6 Å². The highest BCUT2D eigenvalue weighted by atomic mass is 19.4. The van der Waals surface area contributed by atoms with E-state index in [2.05, 4.69) is 4.98 Å². The van der Waals surface area contributed by atoms with Crippen molar-refractivity contribution in [3.8, 4) is 0 Å². The van der Waals surface area contributed by atoms with Crippen LogP contribution in [-0.4, -0.2) is 58.2 Å². The fraction of sp³-hybridized carbons (Fsp3) is 0.375. The Hall–Kier alpha value is -3.60. The van der Waals surface area contributed by atoms with E-state index in [0.717, 1.165) is 11.1 Å². The van der Waals surface area contributed by atoms with Gasteiger partial charge in [0.25, 0.3) is 0 Å². The molecule has 0 bridgehead atoms. The van der Waals surface area contributed by atoms with Crippen LogP contribution in [0.2, 0.25) is 0 Å². The molecule has 1 saturated heterocycles. The van der Waals surface area contributed by atoms with E-state index in [-0.39, 0.29) is 31.4 Å². The third-order valence-corrected chi connectivity index (χ3v) is 6.02. The van der Waals surface area contributed by atoms with Crippen molar-refractivity contribution in [1.29, 1.82) is 0 Å². The second kappa shape index (κ2) is 10.3. The molecule has 2 amide bonds. The number of piperidine rings is 1. The molecule has 0 aliphatic carbocycles. The van der Waals surface area contributed by atoms with Crippen LogP contribution in [0.1, 0.15) is 24.4 Å². The molecule has 0 spiro atoms. The number of likely N-dealkylation sites (tertiary alicyclic amines) is 1. The zero-order chi connectivity index (χ0) is 25.0. The Kier molecular flexibility index (Phi) is 7.25. The van der Waals surface area contributed by atoms with Crippen molar-refractivity contribution in [2.24, 2.45) is 0 Å². The first kappa shape index (κ1) is 24.5. The van der Waals surface area contributed by atoms with Gasteiger partial charge in [-0.1, -0.05) is 42.5 Å². The van der Waals surface area contributed by atoms with Gasteiger partial charge in [-0.05, 0) is 30.5 Å². The molecule has 11 heteroatoms. The number of halogens is 3. The van der Waals surface area contributed by atoms with Crippen LogP contribution in [0.5, 0.6) is 0 Å². The molecule has 3 aromatic rings. The second-order valence-corrected chi connectivity index (χ2v) is 8.40. The Balaban J connectivity index is 1.42.